The monoisotopic (exact) mass is 351 g/mol. The normalized spacial score (nSPS) is 20.7. The van der Waals surface area contributed by atoms with Crippen LogP contribution >= 0.6 is 0 Å². The number of rotatable bonds is 5. The van der Waals surface area contributed by atoms with Crippen LogP contribution in [0, 0.1) is 5.92 Å². The predicted octanol–water partition coefficient (Wildman–Crippen LogP) is 2.55. The Morgan fingerprint density at radius 3 is 2.67 bits per heavy atom. The Bertz CT molecular complexity index is 643. The third kappa shape index (κ3) is 4.97. The lowest BCUT2D eigenvalue weighted by molar-refractivity contribution is 0.264. The van der Waals surface area contributed by atoms with Gasteiger partial charge in [0.2, 0.25) is 0 Å². The van der Waals surface area contributed by atoms with Crippen LogP contribution in [0.15, 0.2) is 40.2 Å². The summed E-state index contributed by atoms with van der Waals surface area (Å²) in [5, 5.41) is 3.37. The number of piperidine rings is 1. The molecule has 2 rings (SSSR count). The fourth-order valence-corrected chi connectivity index (χ4v) is 4.73. The molecule has 2 unspecified atom stereocenters. The first-order valence-corrected chi connectivity index (χ1v) is 10.4. The van der Waals surface area contributed by atoms with Gasteiger partial charge >= 0.3 is 0 Å². The topological polar surface area (TPSA) is 61.8 Å². The van der Waals surface area contributed by atoms with E-state index in [-0.39, 0.29) is 11.8 Å². The number of hydrogen-bond acceptors (Lipinski definition) is 3. The molecule has 1 saturated heterocycles. The van der Waals surface area contributed by atoms with E-state index in [1.54, 1.807) is 31.3 Å². The Hall–Kier alpha value is -1.56. The SMILES string of the molecule is CCC(CS(=O)(=O)c1ccccc1)NC(=NC)N1CCCC(C)C1. The van der Waals surface area contributed by atoms with Crippen LogP contribution in [0.5, 0.6) is 0 Å². The summed E-state index contributed by atoms with van der Waals surface area (Å²) in [5.41, 5.74) is 0. The van der Waals surface area contributed by atoms with E-state index in [1.807, 2.05) is 13.0 Å². The van der Waals surface area contributed by atoms with E-state index >= 15 is 0 Å². The zero-order valence-corrected chi connectivity index (χ0v) is 15.7. The maximum atomic E-state index is 12.6. The Labute approximate surface area is 146 Å². The minimum Gasteiger partial charge on any atom is -0.352 e. The molecule has 0 aromatic heterocycles. The number of aliphatic imine (C=N–C) groups is 1. The fourth-order valence-electron chi connectivity index (χ4n) is 3.11. The van der Waals surface area contributed by atoms with Crippen molar-refractivity contribution in [1.29, 1.82) is 0 Å². The fraction of sp³-hybridized carbons (Fsp3) is 0.611. The summed E-state index contributed by atoms with van der Waals surface area (Å²) >= 11 is 0. The molecule has 0 spiro atoms. The van der Waals surface area contributed by atoms with E-state index in [0.29, 0.717) is 10.8 Å². The van der Waals surface area contributed by atoms with Crippen LogP contribution in [0.25, 0.3) is 0 Å². The van der Waals surface area contributed by atoms with Crippen molar-refractivity contribution in [1.82, 2.24) is 10.2 Å². The van der Waals surface area contributed by atoms with E-state index in [9.17, 15) is 8.42 Å². The van der Waals surface area contributed by atoms with E-state index in [1.165, 1.54) is 6.42 Å². The maximum absolute atomic E-state index is 12.6. The van der Waals surface area contributed by atoms with E-state index in [2.05, 4.69) is 22.1 Å². The lowest BCUT2D eigenvalue weighted by Gasteiger charge is -2.35. The lowest BCUT2D eigenvalue weighted by atomic mass is 10.0. The molecule has 1 aliphatic heterocycles. The van der Waals surface area contributed by atoms with Crippen LogP contribution in [-0.4, -0.2) is 51.2 Å². The molecule has 1 aliphatic rings. The van der Waals surface area contributed by atoms with Crippen molar-refractivity contribution in [2.24, 2.45) is 10.9 Å². The molecule has 1 aromatic carbocycles. The van der Waals surface area contributed by atoms with Crippen molar-refractivity contribution >= 4 is 15.8 Å². The zero-order chi connectivity index (χ0) is 17.6. The van der Waals surface area contributed by atoms with Gasteiger partial charge in [-0.15, -0.1) is 0 Å². The van der Waals surface area contributed by atoms with Crippen LogP contribution < -0.4 is 5.32 Å². The predicted molar refractivity (Wildman–Crippen MR) is 99.0 cm³/mol. The Kier molecular flexibility index (Phi) is 6.66. The summed E-state index contributed by atoms with van der Waals surface area (Å²) in [4.78, 5) is 7.00. The molecule has 0 radical (unpaired) electrons. The third-order valence-corrected chi connectivity index (χ3v) is 6.35. The molecule has 1 N–H and O–H groups in total. The number of nitrogens with one attached hydrogen (secondary N) is 1. The molecule has 1 heterocycles. The number of guanidine groups is 1. The molecule has 1 fully saturated rings. The highest BCUT2D eigenvalue weighted by Gasteiger charge is 2.24. The van der Waals surface area contributed by atoms with Crippen molar-refractivity contribution in [3.63, 3.8) is 0 Å². The molecule has 1 aromatic rings. The van der Waals surface area contributed by atoms with Gasteiger partial charge in [0.05, 0.1) is 10.6 Å². The van der Waals surface area contributed by atoms with Crippen LogP contribution in [0.2, 0.25) is 0 Å². The minimum absolute atomic E-state index is 0.0793. The van der Waals surface area contributed by atoms with E-state index < -0.39 is 9.84 Å². The Morgan fingerprint density at radius 2 is 2.08 bits per heavy atom. The number of hydrogen-bond donors (Lipinski definition) is 1. The average molecular weight is 352 g/mol. The molecule has 2 atom stereocenters. The van der Waals surface area contributed by atoms with Gasteiger partial charge in [-0.25, -0.2) is 8.42 Å². The van der Waals surface area contributed by atoms with E-state index in [0.717, 1.165) is 31.9 Å². The standard InChI is InChI=1S/C18H29N3O2S/c1-4-16(14-24(22,23)17-10-6-5-7-11-17)20-18(19-3)21-12-8-9-15(2)13-21/h5-7,10-11,15-16H,4,8-9,12-14H2,1-3H3,(H,19,20). The van der Waals surface area contributed by atoms with Gasteiger partial charge in [0, 0.05) is 26.2 Å². The van der Waals surface area contributed by atoms with Gasteiger partial charge in [-0.3, -0.25) is 4.99 Å². The second-order valence-corrected chi connectivity index (χ2v) is 8.62. The molecule has 6 heteroatoms. The van der Waals surface area contributed by atoms with Crippen LogP contribution in [-0.2, 0) is 9.84 Å². The molecular weight excluding hydrogens is 322 g/mol. The molecule has 0 aliphatic carbocycles. The van der Waals surface area contributed by atoms with Gasteiger partial charge in [-0.2, -0.15) is 0 Å². The molecule has 134 valence electrons. The lowest BCUT2D eigenvalue weighted by Crippen LogP contribution is -2.50. The van der Waals surface area contributed by atoms with Crippen molar-refractivity contribution in [3.8, 4) is 0 Å². The summed E-state index contributed by atoms with van der Waals surface area (Å²) in [6.45, 7) is 6.20. The van der Waals surface area contributed by atoms with E-state index in [4.69, 9.17) is 0 Å². The van der Waals surface area contributed by atoms with Gasteiger partial charge in [0.25, 0.3) is 0 Å². The summed E-state index contributed by atoms with van der Waals surface area (Å²) in [5.74, 6) is 1.54. The first-order chi connectivity index (χ1) is 11.5. The quantitative estimate of drug-likeness (QED) is 0.654. The molecule has 0 amide bonds. The molecule has 0 bridgehead atoms. The van der Waals surface area contributed by atoms with Gasteiger partial charge in [0.15, 0.2) is 15.8 Å². The summed E-state index contributed by atoms with van der Waals surface area (Å²) < 4.78 is 25.2. The highest BCUT2D eigenvalue weighted by Crippen LogP contribution is 2.16. The molecular formula is C18H29N3O2S. The summed E-state index contributed by atoms with van der Waals surface area (Å²) in [6.07, 6.45) is 3.13. The number of likely N-dealkylation sites (tertiary alicyclic amines) is 1. The van der Waals surface area contributed by atoms with Crippen molar-refractivity contribution in [3.05, 3.63) is 30.3 Å². The maximum Gasteiger partial charge on any atom is 0.193 e. The van der Waals surface area contributed by atoms with Crippen LogP contribution in [0.3, 0.4) is 0 Å². The van der Waals surface area contributed by atoms with Gasteiger partial charge < -0.3 is 10.2 Å². The largest absolute Gasteiger partial charge is 0.352 e. The number of nitrogens with zero attached hydrogens (tertiary/aromatic N) is 2. The smallest absolute Gasteiger partial charge is 0.193 e. The van der Waals surface area contributed by atoms with Crippen molar-refractivity contribution in [2.75, 3.05) is 25.9 Å². The van der Waals surface area contributed by atoms with Crippen LogP contribution in [0.1, 0.15) is 33.1 Å². The number of sulfone groups is 1. The summed E-state index contributed by atoms with van der Waals surface area (Å²) in [6, 6.07) is 8.51. The first kappa shape index (κ1) is 18.8. The average Bonchev–Trinajstić information content (AvgIpc) is 2.59. The molecule has 0 saturated carbocycles. The van der Waals surface area contributed by atoms with Gasteiger partial charge in [0.1, 0.15) is 0 Å². The second kappa shape index (κ2) is 8.51. The zero-order valence-electron chi connectivity index (χ0n) is 14.9. The van der Waals surface area contributed by atoms with Crippen molar-refractivity contribution in [2.45, 2.75) is 44.0 Å². The molecule has 5 nitrogen and oxygen atoms in total. The summed E-state index contributed by atoms with van der Waals surface area (Å²) in [7, 11) is -1.54. The molecule has 24 heavy (non-hydrogen) atoms. The van der Waals surface area contributed by atoms with Crippen LogP contribution in [0.4, 0.5) is 0 Å². The highest BCUT2D eigenvalue weighted by atomic mass is 32.2. The second-order valence-electron chi connectivity index (χ2n) is 6.58. The Balaban J connectivity index is 2.05. The van der Waals surface area contributed by atoms with Crippen molar-refractivity contribution < 1.29 is 8.42 Å². The van der Waals surface area contributed by atoms with Gasteiger partial charge in [-0.05, 0) is 37.3 Å². The Morgan fingerprint density at radius 1 is 1.38 bits per heavy atom. The van der Waals surface area contributed by atoms with Gasteiger partial charge in [-0.1, -0.05) is 32.0 Å². The highest BCUT2D eigenvalue weighted by molar-refractivity contribution is 7.91. The first-order valence-electron chi connectivity index (χ1n) is 8.72. The third-order valence-electron chi connectivity index (χ3n) is 4.52. The number of benzene rings is 1. The minimum atomic E-state index is -3.30.